The van der Waals surface area contributed by atoms with Crippen molar-refractivity contribution in [2.45, 2.75) is 13.0 Å². The van der Waals surface area contributed by atoms with Crippen molar-refractivity contribution in [3.05, 3.63) is 143 Å². The maximum Gasteiger partial charge on any atom is 0.338 e. The number of nitrogens with zero attached hydrogens (tertiary/aromatic N) is 2. The van der Waals surface area contributed by atoms with E-state index >= 15 is 0 Å². The molecule has 2 aromatic heterocycles. The van der Waals surface area contributed by atoms with Gasteiger partial charge >= 0.3 is 5.97 Å². The Bertz CT molecular complexity index is 1970. The lowest BCUT2D eigenvalue weighted by Gasteiger charge is -2.25. The Labute approximate surface area is 252 Å². The minimum atomic E-state index is -0.770. The molecule has 6 nitrogen and oxygen atoms in total. The van der Waals surface area contributed by atoms with Crippen molar-refractivity contribution in [1.82, 2.24) is 4.57 Å². The van der Waals surface area contributed by atoms with Crippen LogP contribution < -0.4 is 14.9 Å². The van der Waals surface area contributed by atoms with Crippen molar-refractivity contribution >= 4 is 56.6 Å². The molecule has 0 saturated carbocycles. The van der Waals surface area contributed by atoms with E-state index in [9.17, 15) is 9.59 Å². The van der Waals surface area contributed by atoms with Crippen LogP contribution >= 0.6 is 38.9 Å². The number of fused-ring (bicyclic) bond motifs is 1. The molecule has 3 heterocycles. The van der Waals surface area contributed by atoms with Gasteiger partial charge in [0, 0.05) is 26.7 Å². The maximum absolute atomic E-state index is 14.0. The first-order valence-electron chi connectivity index (χ1n) is 12.8. The van der Waals surface area contributed by atoms with Gasteiger partial charge in [0.2, 0.25) is 0 Å². The highest BCUT2D eigenvalue weighted by Crippen LogP contribution is 2.35. The first kappa shape index (κ1) is 27.2. The molecular weight excluding hydrogens is 624 g/mol. The van der Waals surface area contributed by atoms with Crippen molar-refractivity contribution in [3.8, 4) is 11.3 Å². The Morgan fingerprint density at radius 2 is 1.80 bits per heavy atom. The van der Waals surface area contributed by atoms with Crippen LogP contribution in [0.15, 0.2) is 115 Å². The molecular formula is C32H22BrClN2O4S. The van der Waals surface area contributed by atoms with E-state index in [4.69, 9.17) is 25.7 Å². The number of hydrogen-bond acceptors (Lipinski definition) is 6. The van der Waals surface area contributed by atoms with Gasteiger partial charge in [0.15, 0.2) is 4.80 Å². The average molecular weight is 646 g/mol. The number of ether oxygens (including phenoxy) is 1. The molecule has 0 spiro atoms. The van der Waals surface area contributed by atoms with Crippen LogP contribution in [0.2, 0.25) is 5.02 Å². The third kappa shape index (κ3) is 5.38. The largest absolute Gasteiger partial charge is 0.463 e. The molecule has 9 heteroatoms. The SMILES string of the molecule is CCOC(=O)C1=C(c2ccccc2)N=c2s/c(=C\c3ccc(-c4cccc(Br)c4)o3)c(=O)n2C1c1ccc(Cl)cc1. The van der Waals surface area contributed by atoms with Gasteiger partial charge in [-0.1, -0.05) is 93.5 Å². The monoisotopic (exact) mass is 644 g/mol. The molecule has 1 aliphatic heterocycles. The fourth-order valence-electron chi connectivity index (χ4n) is 4.76. The number of aromatic nitrogens is 1. The highest BCUT2D eigenvalue weighted by Gasteiger charge is 2.35. The summed E-state index contributed by atoms with van der Waals surface area (Å²) in [6.07, 6.45) is 1.71. The second kappa shape index (κ2) is 11.5. The van der Waals surface area contributed by atoms with Gasteiger partial charge in [-0.05, 0) is 48.9 Å². The van der Waals surface area contributed by atoms with Gasteiger partial charge in [-0.2, -0.15) is 0 Å². The van der Waals surface area contributed by atoms with Gasteiger partial charge < -0.3 is 9.15 Å². The first-order chi connectivity index (χ1) is 19.9. The van der Waals surface area contributed by atoms with Gasteiger partial charge in [-0.3, -0.25) is 9.36 Å². The molecule has 5 aromatic rings. The highest BCUT2D eigenvalue weighted by atomic mass is 79.9. The normalized spacial score (nSPS) is 15.0. The lowest BCUT2D eigenvalue weighted by Crippen LogP contribution is -2.39. The van der Waals surface area contributed by atoms with Crippen molar-refractivity contribution in [3.63, 3.8) is 0 Å². The molecule has 0 aliphatic carbocycles. The number of carbonyl (C=O) groups excluding carboxylic acids is 1. The molecule has 3 aromatic carbocycles. The second-order valence-electron chi connectivity index (χ2n) is 9.20. The van der Waals surface area contributed by atoms with Crippen LogP contribution in [0.1, 0.15) is 29.9 Å². The van der Waals surface area contributed by atoms with E-state index in [-0.39, 0.29) is 17.7 Å². The quantitative estimate of drug-likeness (QED) is 0.195. The van der Waals surface area contributed by atoms with Crippen molar-refractivity contribution in [1.29, 1.82) is 0 Å². The van der Waals surface area contributed by atoms with E-state index in [0.29, 0.717) is 37.1 Å². The number of carbonyl (C=O) groups is 1. The van der Waals surface area contributed by atoms with Gasteiger partial charge in [0.1, 0.15) is 11.5 Å². The van der Waals surface area contributed by atoms with Gasteiger partial charge in [0.05, 0.1) is 28.5 Å². The number of halogens is 2. The topological polar surface area (TPSA) is 73.8 Å². The number of furan rings is 1. The Morgan fingerprint density at radius 1 is 1.05 bits per heavy atom. The minimum Gasteiger partial charge on any atom is -0.463 e. The van der Waals surface area contributed by atoms with Gasteiger partial charge in [-0.15, -0.1) is 0 Å². The third-order valence-corrected chi connectivity index (χ3v) is 8.30. The van der Waals surface area contributed by atoms with Crippen molar-refractivity contribution < 1.29 is 13.9 Å². The van der Waals surface area contributed by atoms with Crippen molar-refractivity contribution in [2.24, 2.45) is 4.99 Å². The molecule has 41 heavy (non-hydrogen) atoms. The van der Waals surface area contributed by atoms with E-state index in [0.717, 1.165) is 15.6 Å². The molecule has 1 aliphatic rings. The molecule has 204 valence electrons. The predicted molar refractivity (Wildman–Crippen MR) is 164 cm³/mol. The fraction of sp³-hybridized carbons (Fsp3) is 0.0938. The summed E-state index contributed by atoms with van der Waals surface area (Å²) in [7, 11) is 0. The summed E-state index contributed by atoms with van der Waals surface area (Å²) in [5, 5.41) is 0.546. The highest BCUT2D eigenvalue weighted by molar-refractivity contribution is 9.10. The zero-order valence-corrected chi connectivity index (χ0v) is 24.9. The number of rotatable bonds is 6. The summed E-state index contributed by atoms with van der Waals surface area (Å²) >= 11 is 10.9. The zero-order valence-electron chi connectivity index (χ0n) is 21.7. The van der Waals surface area contributed by atoms with E-state index in [2.05, 4.69) is 15.9 Å². The Morgan fingerprint density at radius 3 is 2.54 bits per heavy atom. The van der Waals surface area contributed by atoms with Gasteiger partial charge in [-0.25, -0.2) is 9.79 Å². The Balaban J connectivity index is 1.56. The maximum atomic E-state index is 14.0. The predicted octanol–water partition coefficient (Wildman–Crippen LogP) is 6.61. The molecule has 0 radical (unpaired) electrons. The lowest BCUT2D eigenvalue weighted by atomic mass is 9.93. The van der Waals surface area contributed by atoms with Gasteiger partial charge in [0.25, 0.3) is 5.56 Å². The Hall–Kier alpha value is -3.98. The molecule has 0 N–H and O–H groups in total. The number of hydrogen-bond donors (Lipinski definition) is 0. The fourth-order valence-corrected chi connectivity index (χ4v) is 6.26. The molecule has 1 atom stereocenters. The summed E-state index contributed by atoms with van der Waals surface area (Å²) in [5.74, 6) is 0.676. The van der Waals surface area contributed by atoms with E-state index in [1.807, 2.05) is 78.9 Å². The summed E-state index contributed by atoms with van der Waals surface area (Å²) in [4.78, 5) is 32.8. The molecule has 6 rings (SSSR count). The van der Waals surface area contributed by atoms with Crippen LogP contribution in [0, 0.1) is 0 Å². The molecule has 1 unspecified atom stereocenters. The first-order valence-corrected chi connectivity index (χ1v) is 14.8. The minimum absolute atomic E-state index is 0.182. The number of benzene rings is 3. The van der Waals surface area contributed by atoms with E-state index < -0.39 is 12.0 Å². The Kier molecular flexibility index (Phi) is 7.62. The van der Waals surface area contributed by atoms with Crippen LogP contribution in [0.4, 0.5) is 0 Å². The molecule has 0 bridgehead atoms. The summed E-state index contributed by atoms with van der Waals surface area (Å²) in [6, 6.07) is 27.3. The van der Waals surface area contributed by atoms with Crippen LogP contribution in [0.5, 0.6) is 0 Å². The average Bonchev–Trinajstić information content (AvgIpc) is 3.57. The lowest BCUT2D eigenvalue weighted by molar-refractivity contribution is -0.138. The number of thiazole rings is 1. The summed E-state index contributed by atoms with van der Waals surface area (Å²) in [5.41, 5.74) is 2.83. The van der Waals surface area contributed by atoms with Crippen LogP contribution in [0.3, 0.4) is 0 Å². The van der Waals surface area contributed by atoms with Crippen molar-refractivity contribution in [2.75, 3.05) is 6.61 Å². The van der Waals surface area contributed by atoms with E-state index in [1.54, 1.807) is 29.7 Å². The standard InChI is InChI=1S/C32H22BrClN2O4S/c1-2-39-31(38)27-28(19-7-4-3-5-8-19)35-32-36(29(27)20-11-13-23(34)14-12-20)30(37)26(41-32)18-24-15-16-25(40-24)21-9-6-10-22(33)17-21/h3-18,29H,2H2,1H3/b26-18-. The molecule has 0 fully saturated rings. The summed E-state index contributed by atoms with van der Waals surface area (Å²) < 4.78 is 14.5. The molecule has 0 amide bonds. The van der Waals surface area contributed by atoms with Crippen LogP contribution in [-0.4, -0.2) is 17.1 Å². The van der Waals surface area contributed by atoms with Crippen LogP contribution in [0.25, 0.3) is 23.1 Å². The summed E-state index contributed by atoms with van der Waals surface area (Å²) in [6.45, 7) is 1.93. The van der Waals surface area contributed by atoms with Crippen LogP contribution in [-0.2, 0) is 9.53 Å². The second-order valence-corrected chi connectivity index (χ2v) is 11.6. The number of esters is 1. The third-order valence-electron chi connectivity index (χ3n) is 6.57. The smallest absolute Gasteiger partial charge is 0.338 e. The van der Waals surface area contributed by atoms with E-state index in [1.165, 1.54) is 11.3 Å². The zero-order chi connectivity index (χ0) is 28.5. The molecule has 0 saturated heterocycles.